The van der Waals surface area contributed by atoms with Gasteiger partial charge in [0.2, 0.25) is 5.91 Å². The van der Waals surface area contributed by atoms with Gasteiger partial charge in [0.25, 0.3) is 0 Å². The van der Waals surface area contributed by atoms with E-state index < -0.39 is 12.1 Å². The molecular formula is C39H43N7O4. The number of aromatic amines is 2. The van der Waals surface area contributed by atoms with E-state index in [0.717, 1.165) is 100 Å². The summed E-state index contributed by atoms with van der Waals surface area (Å²) in [6, 6.07) is 14.7. The zero-order valence-corrected chi connectivity index (χ0v) is 28.7. The lowest BCUT2D eigenvalue weighted by Crippen LogP contribution is -2.53. The molecule has 0 spiro atoms. The van der Waals surface area contributed by atoms with E-state index in [9.17, 15) is 9.59 Å². The molecule has 3 aliphatic heterocycles. The highest BCUT2D eigenvalue weighted by Crippen LogP contribution is 2.48. The van der Waals surface area contributed by atoms with Crippen LogP contribution in [-0.4, -0.2) is 62.6 Å². The Labute approximate surface area is 290 Å². The van der Waals surface area contributed by atoms with Crippen LogP contribution in [0.15, 0.2) is 48.7 Å². The normalized spacial score (nSPS) is 23.2. The van der Waals surface area contributed by atoms with Gasteiger partial charge in [-0.15, -0.1) is 0 Å². The van der Waals surface area contributed by atoms with E-state index in [4.69, 9.17) is 14.5 Å². The number of methoxy groups -OCH3 is 1. The predicted molar refractivity (Wildman–Crippen MR) is 190 cm³/mol. The molecule has 9 rings (SSSR count). The molecule has 1 saturated carbocycles. The van der Waals surface area contributed by atoms with E-state index in [1.54, 1.807) is 0 Å². The maximum Gasteiger partial charge on any atom is 0.407 e. The van der Waals surface area contributed by atoms with E-state index in [-0.39, 0.29) is 23.9 Å². The number of alkyl carbamates (subject to hydrolysis) is 1. The van der Waals surface area contributed by atoms with Crippen molar-refractivity contribution in [1.29, 1.82) is 0 Å². The maximum atomic E-state index is 14.2. The molecule has 5 atom stereocenters. The van der Waals surface area contributed by atoms with Gasteiger partial charge in [-0.05, 0) is 96.8 Å². The number of carbonyl (C=O) groups excluding carboxylic acids is 2. The fourth-order valence-corrected chi connectivity index (χ4v) is 8.92. The zero-order valence-electron chi connectivity index (χ0n) is 28.7. The second kappa shape index (κ2) is 12.2. The molecule has 5 aromatic rings. The van der Waals surface area contributed by atoms with Gasteiger partial charge < -0.3 is 35.0 Å². The Morgan fingerprint density at radius 1 is 1.02 bits per heavy atom. The first-order valence-electron chi connectivity index (χ1n) is 18.0. The molecule has 4 N–H and O–H groups in total. The van der Waals surface area contributed by atoms with E-state index >= 15 is 0 Å². The Bertz CT molecular complexity index is 2130. The van der Waals surface area contributed by atoms with Crippen LogP contribution in [-0.2, 0) is 16.1 Å². The lowest BCUT2D eigenvalue weighted by atomic mass is 9.92. The molecule has 50 heavy (non-hydrogen) atoms. The fraction of sp³-hybridized carbons (Fsp3) is 0.436. The monoisotopic (exact) mass is 673 g/mol. The highest BCUT2D eigenvalue weighted by Gasteiger charge is 2.49. The fourth-order valence-electron chi connectivity index (χ4n) is 8.92. The van der Waals surface area contributed by atoms with Gasteiger partial charge in [0, 0.05) is 17.0 Å². The molecule has 11 heteroatoms. The van der Waals surface area contributed by atoms with Gasteiger partial charge in [0.1, 0.15) is 30.0 Å². The molecule has 2 saturated heterocycles. The highest BCUT2D eigenvalue weighted by molar-refractivity contribution is 6.07. The number of ether oxygens (including phenoxy) is 2. The number of aromatic nitrogens is 4. The third-order valence-corrected chi connectivity index (χ3v) is 11.5. The number of hydrogen-bond donors (Lipinski definition) is 4. The van der Waals surface area contributed by atoms with Gasteiger partial charge in [-0.3, -0.25) is 4.79 Å². The molecule has 258 valence electrons. The predicted octanol–water partition coefficient (Wildman–Crippen LogP) is 6.91. The molecule has 1 aliphatic carbocycles. The number of nitrogens with zero attached hydrogens (tertiary/aromatic N) is 3. The number of likely N-dealkylation sites (tertiary alicyclic amines) is 1. The molecule has 3 aromatic carbocycles. The molecule has 2 amide bonds. The van der Waals surface area contributed by atoms with Crippen LogP contribution in [0.4, 0.5) is 4.79 Å². The van der Waals surface area contributed by atoms with Crippen LogP contribution in [0, 0.1) is 11.8 Å². The van der Waals surface area contributed by atoms with Gasteiger partial charge in [-0.1, -0.05) is 38.5 Å². The van der Waals surface area contributed by atoms with E-state index in [1.807, 2.05) is 24.9 Å². The number of rotatable bonds is 6. The van der Waals surface area contributed by atoms with Crippen molar-refractivity contribution in [1.82, 2.24) is 35.5 Å². The second-order valence-electron chi connectivity index (χ2n) is 14.8. The number of amides is 2. The standard InChI is InChI=1S/C39H43N7O4/c1-20(2)34(45-39(48)49-3)38(47)46-31-8-4-6-23(31)16-32(46)37-42-28-12-10-21-15-27-25-11-9-22(30-18-41-36(43-30)29-7-5-13-40-29)14-24(25)19-50-33(27)17-26(21)35(28)44-37/h9-12,14-15,17-18,20,23,29,31-32,34,40H,4-8,13,16,19H2,1-3H3,(H,41,43)(H,42,44)(H,45,48)/t23-,29?,31-,32?,34-/m0/s1. The minimum absolute atomic E-state index is 0.0711. The molecule has 4 aliphatic rings. The Kier molecular flexibility index (Phi) is 7.56. The van der Waals surface area contributed by atoms with Crippen molar-refractivity contribution in [3.63, 3.8) is 0 Å². The van der Waals surface area contributed by atoms with Crippen LogP contribution in [0.2, 0.25) is 0 Å². The summed E-state index contributed by atoms with van der Waals surface area (Å²) in [6.45, 7) is 5.42. The largest absolute Gasteiger partial charge is 0.488 e. The quantitative estimate of drug-likeness (QED) is 0.154. The van der Waals surface area contributed by atoms with E-state index in [0.29, 0.717) is 18.6 Å². The molecule has 5 heterocycles. The molecule has 11 nitrogen and oxygen atoms in total. The first kappa shape index (κ1) is 31.1. The summed E-state index contributed by atoms with van der Waals surface area (Å²) in [7, 11) is 1.32. The average Bonchev–Trinajstić information content (AvgIpc) is 3.96. The summed E-state index contributed by atoms with van der Waals surface area (Å²) < 4.78 is 11.3. The Hall–Kier alpha value is -4.90. The lowest BCUT2D eigenvalue weighted by Gasteiger charge is -2.33. The number of benzene rings is 3. The van der Waals surface area contributed by atoms with Crippen molar-refractivity contribution in [2.75, 3.05) is 13.7 Å². The number of carbonyl (C=O) groups is 2. The average molecular weight is 674 g/mol. The van der Waals surface area contributed by atoms with Crippen LogP contribution >= 0.6 is 0 Å². The number of H-pyrrole nitrogens is 2. The van der Waals surface area contributed by atoms with Crippen LogP contribution < -0.4 is 15.4 Å². The first-order chi connectivity index (χ1) is 24.4. The second-order valence-corrected chi connectivity index (χ2v) is 14.8. The van der Waals surface area contributed by atoms with Crippen molar-refractivity contribution in [3.05, 3.63) is 65.9 Å². The summed E-state index contributed by atoms with van der Waals surface area (Å²) in [5.41, 5.74) is 7.30. The minimum atomic E-state index is -0.677. The van der Waals surface area contributed by atoms with Crippen LogP contribution in [0.3, 0.4) is 0 Å². The number of hydrogen-bond acceptors (Lipinski definition) is 7. The molecule has 2 unspecified atom stereocenters. The smallest absolute Gasteiger partial charge is 0.407 e. The van der Waals surface area contributed by atoms with Crippen molar-refractivity contribution in [3.8, 4) is 28.1 Å². The van der Waals surface area contributed by atoms with Gasteiger partial charge >= 0.3 is 6.09 Å². The summed E-state index contributed by atoms with van der Waals surface area (Å²) in [5, 5.41) is 8.41. The highest BCUT2D eigenvalue weighted by atomic mass is 16.5. The Balaban J connectivity index is 1.04. The number of nitrogens with one attached hydrogen (secondary N) is 4. The van der Waals surface area contributed by atoms with Crippen molar-refractivity contribution < 1.29 is 19.1 Å². The van der Waals surface area contributed by atoms with Gasteiger partial charge in [0.15, 0.2) is 0 Å². The van der Waals surface area contributed by atoms with Crippen molar-refractivity contribution >= 4 is 33.8 Å². The molecule has 0 bridgehead atoms. The van der Waals surface area contributed by atoms with Crippen LogP contribution in [0.25, 0.3) is 44.2 Å². The Morgan fingerprint density at radius 3 is 2.74 bits per heavy atom. The first-order valence-corrected chi connectivity index (χ1v) is 18.0. The number of fused-ring (bicyclic) bond motifs is 7. The SMILES string of the molecule is COC(=O)N[C@H](C(=O)N1C(c2nc3c(ccc4cc5c(cc43)OCc3cc(-c4cnc(C6CCCN6)[nH]4)ccc3-5)[nH]2)C[C@@H]2CCC[C@@H]21)C(C)C. The zero-order chi connectivity index (χ0) is 34.1. The summed E-state index contributed by atoms with van der Waals surface area (Å²) in [6.07, 6.45) is 7.64. The summed E-state index contributed by atoms with van der Waals surface area (Å²) in [4.78, 5) is 45.4. The molecular weight excluding hydrogens is 630 g/mol. The third kappa shape index (κ3) is 5.12. The van der Waals surface area contributed by atoms with Crippen molar-refractivity contribution in [2.24, 2.45) is 11.8 Å². The van der Waals surface area contributed by atoms with Gasteiger partial charge in [-0.2, -0.15) is 0 Å². The third-order valence-electron chi connectivity index (χ3n) is 11.5. The Morgan fingerprint density at radius 2 is 1.92 bits per heavy atom. The van der Waals surface area contributed by atoms with Crippen LogP contribution in [0.5, 0.6) is 5.75 Å². The van der Waals surface area contributed by atoms with E-state index in [1.165, 1.54) is 19.1 Å². The van der Waals surface area contributed by atoms with Gasteiger partial charge in [0.05, 0.1) is 42.1 Å². The lowest BCUT2D eigenvalue weighted by molar-refractivity contribution is -0.137. The maximum absolute atomic E-state index is 14.2. The minimum Gasteiger partial charge on any atom is -0.488 e. The van der Waals surface area contributed by atoms with Crippen LogP contribution in [0.1, 0.15) is 81.7 Å². The van der Waals surface area contributed by atoms with E-state index in [2.05, 4.69) is 68.1 Å². The number of imidazole rings is 2. The molecule has 0 radical (unpaired) electrons. The van der Waals surface area contributed by atoms with Crippen molar-refractivity contribution in [2.45, 2.75) is 83.1 Å². The van der Waals surface area contributed by atoms with Gasteiger partial charge in [-0.25, -0.2) is 14.8 Å². The summed E-state index contributed by atoms with van der Waals surface area (Å²) >= 11 is 0. The topological polar surface area (TPSA) is 137 Å². The molecule has 3 fully saturated rings. The molecule has 2 aromatic heterocycles. The summed E-state index contributed by atoms with van der Waals surface area (Å²) in [5.74, 6) is 2.88.